The highest BCUT2D eigenvalue weighted by Crippen LogP contribution is 2.42. The summed E-state index contributed by atoms with van der Waals surface area (Å²) in [6.45, 7) is 1.38. The molecule has 2 aromatic rings. The van der Waals surface area contributed by atoms with E-state index in [-0.39, 0.29) is 11.7 Å². The molecule has 7 heteroatoms. The predicted molar refractivity (Wildman–Crippen MR) is 106 cm³/mol. The Balaban J connectivity index is 1.73. The Bertz CT molecular complexity index is 903. The zero-order valence-electron chi connectivity index (χ0n) is 16.1. The summed E-state index contributed by atoms with van der Waals surface area (Å²) in [6.07, 6.45) is 3.23. The average Bonchev–Trinajstić information content (AvgIpc) is 3.20. The molecule has 1 atom stereocenters. The normalized spacial score (nSPS) is 16.1. The molecule has 29 heavy (non-hydrogen) atoms. The van der Waals surface area contributed by atoms with Gasteiger partial charge in [-0.25, -0.2) is 4.39 Å². The number of rotatable bonds is 6. The van der Waals surface area contributed by atoms with Crippen LogP contribution in [0.4, 0.5) is 10.1 Å². The minimum absolute atomic E-state index is 0.154. The van der Waals surface area contributed by atoms with Gasteiger partial charge in [-0.05, 0) is 61.7 Å². The summed E-state index contributed by atoms with van der Waals surface area (Å²) in [5.41, 5.74) is 0.935. The second kappa shape index (κ2) is 8.43. The number of aliphatic carboxylic acids is 1. The fourth-order valence-corrected chi connectivity index (χ4v) is 3.69. The molecule has 3 rings (SSSR count). The van der Waals surface area contributed by atoms with Gasteiger partial charge in [-0.3, -0.25) is 14.4 Å². The van der Waals surface area contributed by atoms with Gasteiger partial charge in [-0.1, -0.05) is 25.0 Å². The van der Waals surface area contributed by atoms with Crippen LogP contribution in [-0.4, -0.2) is 28.9 Å². The van der Waals surface area contributed by atoms with Crippen molar-refractivity contribution in [2.24, 2.45) is 0 Å². The molecule has 1 fully saturated rings. The molecule has 0 aliphatic heterocycles. The van der Waals surface area contributed by atoms with Crippen molar-refractivity contribution < 1.29 is 23.9 Å². The van der Waals surface area contributed by atoms with E-state index in [4.69, 9.17) is 5.11 Å². The van der Waals surface area contributed by atoms with Crippen molar-refractivity contribution in [3.05, 3.63) is 65.5 Å². The molecule has 0 aromatic heterocycles. The molecular formula is C22H23FN2O4. The lowest BCUT2D eigenvalue weighted by Gasteiger charge is -2.28. The number of hydrogen-bond acceptors (Lipinski definition) is 3. The molecule has 2 aromatic carbocycles. The Morgan fingerprint density at radius 2 is 1.59 bits per heavy atom. The Morgan fingerprint density at radius 3 is 2.14 bits per heavy atom. The number of anilines is 1. The number of nitrogens with one attached hydrogen (secondary N) is 2. The monoisotopic (exact) mass is 398 g/mol. The van der Waals surface area contributed by atoms with E-state index in [2.05, 4.69) is 10.6 Å². The molecule has 0 heterocycles. The van der Waals surface area contributed by atoms with E-state index in [0.717, 1.165) is 18.4 Å². The van der Waals surface area contributed by atoms with Crippen molar-refractivity contribution in [3.8, 4) is 0 Å². The van der Waals surface area contributed by atoms with Gasteiger partial charge in [0, 0.05) is 11.3 Å². The van der Waals surface area contributed by atoms with Crippen LogP contribution in [0.3, 0.4) is 0 Å². The highest BCUT2D eigenvalue weighted by molar-refractivity contribution is 6.00. The van der Waals surface area contributed by atoms with E-state index in [1.807, 2.05) is 0 Å². The molecule has 2 amide bonds. The summed E-state index contributed by atoms with van der Waals surface area (Å²) in [7, 11) is 0. The van der Waals surface area contributed by atoms with Crippen molar-refractivity contribution in [3.63, 3.8) is 0 Å². The lowest BCUT2D eigenvalue weighted by atomic mass is 9.78. The van der Waals surface area contributed by atoms with Gasteiger partial charge in [-0.2, -0.15) is 0 Å². The molecule has 0 spiro atoms. The van der Waals surface area contributed by atoms with Gasteiger partial charge in [0.1, 0.15) is 11.9 Å². The largest absolute Gasteiger partial charge is 0.480 e. The van der Waals surface area contributed by atoms with Crippen LogP contribution >= 0.6 is 0 Å². The van der Waals surface area contributed by atoms with Crippen molar-refractivity contribution in [2.75, 3.05) is 5.32 Å². The van der Waals surface area contributed by atoms with E-state index in [1.54, 1.807) is 24.3 Å². The second-order valence-corrected chi connectivity index (χ2v) is 7.36. The van der Waals surface area contributed by atoms with Crippen molar-refractivity contribution in [1.82, 2.24) is 5.32 Å². The average molecular weight is 398 g/mol. The lowest BCUT2D eigenvalue weighted by Crippen LogP contribution is -2.38. The van der Waals surface area contributed by atoms with E-state index in [1.165, 1.54) is 31.2 Å². The molecule has 6 nitrogen and oxygen atoms in total. The first-order chi connectivity index (χ1) is 13.8. The summed E-state index contributed by atoms with van der Waals surface area (Å²) < 4.78 is 13.3. The zero-order chi connectivity index (χ0) is 21.0. The SMILES string of the molecule is CC(NC(=O)c1ccc(NC(=O)C2(c3ccc(F)cc3)CCCC2)cc1)C(=O)O. The first-order valence-corrected chi connectivity index (χ1v) is 9.53. The van der Waals surface area contributed by atoms with Crippen LogP contribution in [-0.2, 0) is 15.0 Å². The summed E-state index contributed by atoms with van der Waals surface area (Å²) >= 11 is 0. The van der Waals surface area contributed by atoms with Crippen molar-refractivity contribution >= 4 is 23.5 Å². The molecular weight excluding hydrogens is 375 g/mol. The summed E-state index contributed by atoms with van der Waals surface area (Å²) in [6, 6.07) is 11.3. The molecule has 1 unspecified atom stereocenters. The number of amides is 2. The molecule has 1 saturated carbocycles. The van der Waals surface area contributed by atoms with Crippen LogP contribution in [0.25, 0.3) is 0 Å². The smallest absolute Gasteiger partial charge is 0.325 e. The Morgan fingerprint density at radius 1 is 1.00 bits per heavy atom. The second-order valence-electron chi connectivity index (χ2n) is 7.36. The number of carbonyl (C=O) groups is 3. The van der Waals surface area contributed by atoms with Crippen LogP contribution in [0.1, 0.15) is 48.5 Å². The summed E-state index contributed by atoms with van der Waals surface area (Å²) in [5, 5.41) is 14.2. The van der Waals surface area contributed by atoms with Crippen LogP contribution in [0, 0.1) is 5.82 Å². The van der Waals surface area contributed by atoms with E-state index >= 15 is 0 Å². The first-order valence-electron chi connectivity index (χ1n) is 9.53. The topological polar surface area (TPSA) is 95.5 Å². The highest BCUT2D eigenvalue weighted by atomic mass is 19.1. The molecule has 1 aliphatic carbocycles. The maximum atomic E-state index is 13.3. The van der Waals surface area contributed by atoms with Gasteiger partial charge in [0.25, 0.3) is 5.91 Å². The summed E-state index contributed by atoms with van der Waals surface area (Å²) in [5.74, 6) is -2.12. The minimum Gasteiger partial charge on any atom is -0.480 e. The number of benzene rings is 2. The van der Waals surface area contributed by atoms with Gasteiger partial charge in [0.15, 0.2) is 0 Å². The number of carbonyl (C=O) groups excluding carboxylic acids is 2. The highest BCUT2D eigenvalue weighted by Gasteiger charge is 2.42. The van der Waals surface area contributed by atoms with E-state index in [9.17, 15) is 18.8 Å². The number of hydrogen-bond donors (Lipinski definition) is 3. The van der Waals surface area contributed by atoms with Gasteiger partial charge in [0.05, 0.1) is 5.41 Å². The van der Waals surface area contributed by atoms with Crippen LogP contribution in [0.15, 0.2) is 48.5 Å². The third-order valence-corrected chi connectivity index (χ3v) is 5.41. The van der Waals surface area contributed by atoms with Crippen molar-refractivity contribution in [1.29, 1.82) is 0 Å². The standard InChI is InChI=1S/C22H23FN2O4/c1-14(20(27)28)24-19(26)15-4-10-18(11-5-15)25-21(29)22(12-2-3-13-22)16-6-8-17(23)9-7-16/h4-11,14H,2-3,12-13H2,1H3,(H,24,26)(H,25,29)(H,27,28). The number of halogens is 1. The molecule has 3 N–H and O–H groups in total. The van der Waals surface area contributed by atoms with Crippen LogP contribution < -0.4 is 10.6 Å². The quantitative estimate of drug-likeness (QED) is 0.694. The summed E-state index contributed by atoms with van der Waals surface area (Å²) in [4.78, 5) is 36.0. The molecule has 0 radical (unpaired) electrons. The predicted octanol–water partition coefficient (Wildman–Crippen LogP) is 3.48. The molecule has 1 aliphatic rings. The molecule has 152 valence electrons. The Hall–Kier alpha value is -3.22. The minimum atomic E-state index is -1.12. The maximum Gasteiger partial charge on any atom is 0.325 e. The lowest BCUT2D eigenvalue weighted by molar-refractivity contribution is -0.138. The van der Waals surface area contributed by atoms with Crippen LogP contribution in [0.2, 0.25) is 0 Å². The van der Waals surface area contributed by atoms with E-state index < -0.39 is 23.3 Å². The van der Waals surface area contributed by atoms with Crippen molar-refractivity contribution in [2.45, 2.75) is 44.1 Å². The fourth-order valence-electron chi connectivity index (χ4n) is 3.69. The Labute approximate surface area is 168 Å². The molecule has 0 saturated heterocycles. The number of carboxylic acid groups (broad SMARTS) is 1. The van der Waals surface area contributed by atoms with Gasteiger partial charge in [0.2, 0.25) is 5.91 Å². The van der Waals surface area contributed by atoms with E-state index in [0.29, 0.717) is 24.1 Å². The Kier molecular flexibility index (Phi) is 5.96. The third kappa shape index (κ3) is 4.45. The number of carboxylic acids is 1. The van der Waals surface area contributed by atoms with Gasteiger partial charge in [-0.15, -0.1) is 0 Å². The fraction of sp³-hybridized carbons (Fsp3) is 0.318. The zero-order valence-corrected chi connectivity index (χ0v) is 16.1. The maximum absolute atomic E-state index is 13.3. The first kappa shape index (κ1) is 20.5. The van der Waals surface area contributed by atoms with Gasteiger partial charge >= 0.3 is 5.97 Å². The third-order valence-electron chi connectivity index (χ3n) is 5.41. The van der Waals surface area contributed by atoms with Gasteiger partial charge < -0.3 is 15.7 Å². The molecule has 0 bridgehead atoms. The van der Waals surface area contributed by atoms with Crippen LogP contribution in [0.5, 0.6) is 0 Å².